The molecule has 0 spiro atoms. The van der Waals surface area contributed by atoms with Crippen molar-refractivity contribution in [3.63, 3.8) is 0 Å². The Hall–Kier alpha value is 0.170. The maximum atomic E-state index is 4.10. The summed E-state index contributed by atoms with van der Waals surface area (Å²) in [5.41, 5.74) is 0. The Kier molecular flexibility index (Phi) is 18.1. The molecule has 0 aliphatic rings. The number of hydrogen-bond acceptors (Lipinski definition) is 0. The molecule has 0 saturated heterocycles. The number of rotatable bonds is 19. The van der Waals surface area contributed by atoms with Gasteiger partial charge in [0.2, 0.25) is 0 Å². The quantitative estimate of drug-likeness (QED) is 0.124. The summed E-state index contributed by atoms with van der Waals surface area (Å²) in [6.45, 7) is 11.1. The summed E-state index contributed by atoms with van der Waals surface area (Å²) in [5, 5.41) is 0. The van der Waals surface area contributed by atoms with Gasteiger partial charge in [-0.1, -0.05) is 0 Å². The Morgan fingerprint density at radius 1 is 0.542 bits per heavy atom. The van der Waals surface area contributed by atoms with E-state index in [-0.39, 0.29) is 0 Å². The van der Waals surface area contributed by atoms with Crippen LogP contribution in [0.1, 0.15) is 111 Å². The van der Waals surface area contributed by atoms with Crippen LogP contribution in [0.4, 0.5) is 0 Å². The molecule has 0 bridgehead atoms. The zero-order valence-corrected chi connectivity index (χ0v) is 18.5. The molecule has 0 rings (SSSR count). The van der Waals surface area contributed by atoms with E-state index < -0.39 is 7.26 Å². The fourth-order valence-corrected chi connectivity index (χ4v) is 9.26. The Labute approximate surface area is 155 Å². The molecular formula is C23H49P. The molecule has 0 radical (unpaired) electrons. The van der Waals surface area contributed by atoms with Gasteiger partial charge >= 0.3 is 155 Å². The number of allylic oxidation sites excluding steroid dienone is 1. The normalized spacial score (nSPS) is 12.5. The first-order chi connectivity index (χ1) is 11.7. The van der Waals surface area contributed by atoms with Crippen LogP contribution < -0.4 is 0 Å². The van der Waals surface area contributed by atoms with E-state index in [4.69, 9.17) is 0 Å². The van der Waals surface area contributed by atoms with Crippen LogP contribution in [0, 0.1) is 0 Å². The van der Waals surface area contributed by atoms with E-state index in [1.54, 1.807) is 18.5 Å². The van der Waals surface area contributed by atoms with E-state index in [2.05, 4.69) is 33.4 Å². The third kappa shape index (κ3) is 13.5. The first-order valence-corrected chi connectivity index (χ1v) is 14.2. The molecular weight excluding hydrogens is 307 g/mol. The predicted octanol–water partition coefficient (Wildman–Crippen LogP) is 8.44. The van der Waals surface area contributed by atoms with Gasteiger partial charge in [-0.2, -0.15) is 0 Å². The van der Waals surface area contributed by atoms with Crippen molar-refractivity contribution in [3.05, 3.63) is 12.7 Å². The van der Waals surface area contributed by atoms with Crippen molar-refractivity contribution in [1.82, 2.24) is 0 Å². The first-order valence-electron chi connectivity index (χ1n) is 11.4. The molecule has 0 atom stereocenters. The van der Waals surface area contributed by atoms with Crippen LogP contribution in [-0.2, 0) is 0 Å². The summed E-state index contributed by atoms with van der Waals surface area (Å²) in [6.07, 6.45) is 28.6. The minimum atomic E-state index is -1.05. The molecule has 0 N–H and O–H groups in total. The monoisotopic (exact) mass is 356 g/mol. The zero-order chi connectivity index (χ0) is 17.9. The van der Waals surface area contributed by atoms with Crippen molar-refractivity contribution in [2.75, 3.05) is 24.6 Å². The molecule has 0 heterocycles. The van der Waals surface area contributed by atoms with Gasteiger partial charge in [0.15, 0.2) is 0 Å². The van der Waals surface area contributed by atoms with Crippen molar-refractivity contribution >= 4 is 7.26 Å². The van der Waals surface area contributed by atoms with Crippen LogP contribution >= 0.6 is 7.26 Å². The predicted molar refractivity (Wildman–Crippen MR) is 120 cm³/mol. The Morgan fingerprint density at radius 2 is 0.917 bits per heavy atom. The molecule has 0 fully saturated rings. The molecule has 0 saturated carbocycles. The SMILES string of the molecule is C=CC[PH](CCCC)(CCCC)CCCCCCCCCCCC. The van der Waals surface area contributed by atoms with Crippen LogP contribution in [0.2, 0.25) is 0 Å². The second-order valence-electron chi connectivity index (χ2n) is 8.13. The molecule has 146 valence electrons. The van der Waals surface area contributed by atoms with Gasteiger partial charge in [-0.05, 0) is 0 Å². The van der Waals surface area contributed by atoms with Gasteiger partial charge in [-0.3, -0.25) is 0 Å². The van der Waals surface area contributed by atoms with E-state index in [0.29, 0.717) is 0 Å². The maximum absolute atomic E-state index is 4.10. The van der Waals surface area contributed by atoms with E-state index in [1.807, 2.05) is 0 Å². The molecule has 0 aliphatic heterocycles. The second-order valence-corrected chi connectivity index (χ2v) is 13.0. The summed E-state index contributed by atoms with van der Waals surface area (Å²) >= 11 is 0. The molecule has 0 unspecified atom stereocenters. The van der Waals surface area contributed by atoms with E-state index in [0.717, 1.165) is 0 Å². The molecule has 0 aromatic carbocycles. The molecule has 0 aromatic rings. The van der Waals surface area contributed by atoms with Gasteiger partial charge in [-0.15, -0.1) is 0 Å². The average molecular weight is 357 g/mol. The summed E-state index contributed by atoms with van der Waals surface area (Å²) in [6, 6.07) is 0. The third-order valence-electron chi connectivity index (χ3n) is 5.76. The van der Waals surface area contributed by atoms with Crippen LogP contribution in [0.5, 0.6) is 0 Å². The van der Waals surface area contributed by atoms with Gasteiger partial charge in [0.1, 0.15) is 0 Å². The Morgan fingerprint density at radius 3 is 1.33 bits per heavy atom. The Balaban J connectivity index is 3.92. The summed E-state index contributed by atoms with van der Waals surface area (Å²) < 4.78 is 0. The van der Waals surface area contributed by atoms with Crippen molar-refractivity contribution in [2.24, 2.45) is 0 Å². The number of unbranched alkanes of at least 4 members (excludes halogenated alkanes) is 11. The van der Waals surface area contributed by atoms with Crippen LogP contribution in [0.25, 0.3) is 0 Å². The topological polar surface area (TPSA) is 0 Å². The zero-order valence-electron chi connectivity index (χ0n) is 17.5. The molecule has 0 aliphatic carbocycles. The van der Waals surface area contributed by atoms with Crippen molar-refractivity contribution in [3.8, 4) is 0 Å². The molecule has 0 nitrogen and oxygen atoms in total. The van der Waals surface area contributed by atoms with Crippen LogP contribution in [0.3, 0.4) is 0 Å². The van der Waals surface area contributed by atoms with E-state index in [1.165, 1.54) is 96.1 Å². The second kappa shape index (κ2) is 18.0. The Bertz CT molecular complexity index is 251. The fraction of sp³-hybridized carbons (Fsp3) is 0.913. The molecule has 24 heavy (non-hydrogen) atoms. The van der Waals surface area contributed by atoms with Crippen molar-refractivity contribution < 1.29 is 0 Å². The van der Waals surface area contributed by atoms with E-state index in [9.17, 15) is 0 Å². The number of hydrogen-bond donors (Lipinski definition) is 0. The van der Waals surface area contributed by atoms with Gasteiger partial charge in [0, 0.05) is 0 Å². The van der Waals surface area contributed by atoms with E-state index >= 15 is 0 Å². The molecule has 0 aromatic heterocycles. The average Bonchev–Trinajstić information content (AvgIpc) is 2.60. The van der Waals surface area contributed by atoms with Gasteiger partial charge < -0.3 is 0 Å². The third-order valence-corrected chi connectivity index (χ3v) is 11.2. The first kappa shape index (κ1) is 24.2. The molecule has 1 heteroatoms. The van der Waals surface area contributed by atoms with Crippen molar-refractivity contribution in [1.29, 1.82) is 0 Å². The standard InChI is InChI=1S/C23H49P/c1-5-9-12-13-14-15-16-17-18-19-23-24(20-8-4,21-10-6-2)22-11-7-3/h8,24H,4-7,9-23H2,1-3H3. The summed E-state index contributed by atoms with van der Waals surface area (Å²) in [4.78, 5) is 0. The van der Waals surface area contributed by atoms with Crippen LogP contribution in [0.15, 0.2) is 12.7 Å². The van der Waals surface area contributed by atoms with Gasteiger partial charge in [0.25, 0.3) is 0 Å². The van der Waals surface area contributed by atoms with Crippen molar-refractivity contribution in [2.45, 2.75) is 111 Å². The summed E-state index contributed by atoms with van der Waals surface area (Å²) in [7, 11) is -1.05. The van der Waals surface area contributed by atoms with Gasteiger partial charge in [-0.25, -0.2) is 0 Å². The fourth-order valence-electron chi connectivity index (χ4n) is 4.08. The van der Waals surface area contributed by atoms with Crippen LogP contribution in [-0.4, -0.2) is 24.6 Å². The minimum absolute atomic E-state index is 1.05. The molecule has 0 amide bonds. The van der Waals surface area contributed by atoms with Gasteiger partial charge in [0.05, 0.1) is 0 Å². The summed E-state index contributed by atoms with van der Waals surface area (Å²) in [5.74, 6) is 0.